The van der Waals surface area contributed by atoms with Crippen LogP contribution in [0.15, 0.2) is 17.3 Å². The number of ketones is 1. The Morgan fingerprint density at radius 3 is 2.88 bits per heavy atom. The van der Waals surface area contributed by atoms with E-state index in [1.54, 1.807) is 12.1 Å². The number of oxime groups is 1. The van der Waals surface area contributed by atoms with E-state index in [9.17, 15) is 4.79 Å². The van der Waals surface area contributed by atoms with Gasteiger partial charge in [0.15, 0.2) is 11.5 Å². The molecule has 2 aliphatic rings. The summed E-state index contributed by atoms with van der Waals surface area (Å²) in [5, 5.41) is 11.7. The van der Waals surface area contributed by atoms with Crippen molar-refractivity contribution in [1.82, 2.24) is 0 Å². The number of hydrogen-bond acceptors (Lipinski definition) is 5. The summed E-state index contributed by atoms with van der Waals surface area (Å²) in [5.74, 6) is 1.02. The van der Waals surface area contributed by atoms with Gasteiger partial charge in [0.2, 0.25) is 5.78 Å². The first-order valence-electron chi connectivity index (χ1n) is 4.98. The van der Waals surface area contributed by atoms with E-state index in [4.69, 9.17) is 14.7 Å². The van der Waals surface area contributed by atoms with Crippen LogP contribution < -0.4 is 9.47 Å². The average molecular weight is 219 g/mol. The molecule has 0 amide bonds. The Labute approximate surface area is 91.3 Å². The van der Waals surface area contributed by atoms with Gasteiger partial charge in [0.05, 0.1) is 0 Å². The van der Waals surface area contributed by atoms with Gasteiger partial charge in [-0.2, -0.15) is 0 Å². The van der Waals surface area contributed by atoms with Crippen molar-refractivity contribution in [3.05, 3.63) is 23.3 Å². The van der Waals surface area contributed by atoms with Crippen molar-refractivity contribution in [2.45, 2.75) is 6.42 Å². The molecule has 1 aliphatic carbocycles. The van der Waals surface area contributed by atoms with Crippen LogP contribution in [0, 0.1) is 0 Å². The van der Waals surface area contributed by atoms with Crippen LogP contribution in [0.1, 0.15) is 15.9 Å². The molecule has 0 atom stereocenters. The van der Waals surface area contributed by atoms with Gasteiger partial charge in [-0.1, -0.05) is 5.16 Å². The predicted octanol–water partition coefficient (Wildman–Crippen LogP) is 1.03. The van der Waals surface area contributed by atoms with Crippen LogP contribution in [0.2, 0.25) is 0 Å². The van der Waals surface area contributed by atoms with Crippen molar-refractivity contribution >= 4 is 11.5 Å². The van der Waals surface area contributed by atoms with Crippen molar-refractivity contribution in [1.29, 1.82) is 0 Å². The first-order valence-corrected chi connectivity index (χ1v) is 4.98. The third-order valence-electron chi connectivity index (χ3n) is 2.78. The lowest BCUT2D eigenvalue weighted by molar-refractivity contribution is 0.106. The summed E-state index contributed by atoms with van der Waals surface area (Å²) in [4.78, 5) is 11.7. The van der Waals surface area contributed by atoms with Gasteiger partial charge in [0, 0.05) is 17.5 Å². The van der Waals surface area contributed by atoms with Gasteiger partial charge in [-0.3, -0.25) is 4.79 Å². The summed E-state index contributed by atoms with van der Waals surface area (Å²) in [7, 11) is 0. The molecule has 0 bridgehead atoms. The predicted molar refractivity (Wildman–Crippen MR) is 54.7 cm³/mol. The number of benzene rings is 1. The molecule has 0 saturated carbocycles. The van der Waals surface area contributed by atoms with E-state index in [2.05, 4.69) is 5.16 Å². The molecule has 0 aromatic heterocycles. The molecule has 5 nitrogen and oxygen atoms in total. The van der Waals surface area contributed by atoms with E-state index in [0.29, 0.717) is 36.7 Å². The molecule has 5 heteroatoms. The van der Waals surface area contributed by atoms with E-state index in [1.165, 1.54) is 0 Å². The minimum atomic E-state index is -0.241. The third-order valence-corrected chi connectivity index (χ3v) is 2.78. The second kappa shape index (κ2) is 3.23. The number of carbonyl (C=O) groups excluding carboxylic acids is 1. The number of carbonyl (C=O) groups is 1. The van der Waals surface area contributed by atoms with E-state index in [-0.39, 0.29) is 11.5 Å². The number of ether oxygens (including phenoxy) is 2. The van der Waals surface area contributed by atoms with Crippen molar-refractivity contribution in [3.63, 3.8) is 0 Å². The fourth-order valence-corrected chi connectivity index (χ4v) is 2.05. The number of nitrogens with zero attached hydrogens (tertiary/aromatic N) is 1. The first-order chi connectivity index (χ1) is 7.81. The Bertz CT molecular complexity index is 507. The van der Waals surface area contributed by atoms with Crippen molar-refractivity contribution < 1.29 is 19.5 Å². The molecular formula is C11H9NO4. The zero-order valence-electron chi connectivity index (χ0n) is 8.40. The van der Waals surface area contributed by atoms with Gasteiger partial charge in [0.1, 0.15) is 18.9 Å². The lowest BCUT2D eigenvalue weighted by Crippen LogP contribution is -2.16. The normalized spacial score (nSPS) is 20.0. The first kappa shape index (κ1) is 9.21. The van der Waals surface area contributed by atoms with Crippen LogP contribution in [0.3, 0.4) is 0 Å². The molecule has 1 aliphatic heterocycles. The quantitative estimate of drug-likeness (QED) is 0.522. The Kier molecular flexibility index (Phi) is 1.86. The van der Waals surface area contributed by atoms with Crippen LogP contribution in [-0.4, -0.2) is 29.9 Å². The maximum absolute atomic E-state index is 11.7. The average Bonchev–Trinajstić information content (AvgIpc) is 2.67. The molecule has 16 heavy (non-hydrogen) atoms. The molecule has 1 aromatic carbocycles. The molecule has 1 aromatic rings. The van der Waals surface area contributed by atoms with Crippen LogP contribution in [-0.2, 0) is 6.42 Å². The third kappa shape index (κ3) is 1.11. The molecule has 3 rings (SSSR count). The number of fused-ring (bicyclic) bond motifs is 3. The maximum atomic E-state index is 11.7. The van der Waals surface area contributed by atoms with Gasteiger partial charge in [-0.15, -0.1) is 0 Å². The van der Waals surface area contributed by atoms with Crippen molar-refractivity contribution in [2.24, 2.45) is 5.16 Å². The molecule has 1 N–H and O–H groups in total. The molecule has 0 radical (unpaired) electrons. The summed E-state index contributed by atoms with van der Waals surface area (Å²) < 4.78 is 10.9. The monoisotopic (exact) mass is 219 g/mol. The number of hydrogen-bond donors (Lipinski definition) is 1. The second-order valence-corrected chi connectivity index (χ2v) is 3.67. The molecule has 0 spiro atoms. The summed E-state index contributed by atoms with van der Waals surface area (Å²) in [6.45, 7) is 0.990. The highest BCUT2D eigenvalue weighted by atomic mass is 16.6. The van der Waals surface area contributed by atoms with Gasteiger partial charge in [-0.05, 0) is 12.1 Å². The Morgan fingerprint density at radius 2 is 2.06 bits per heavy atom. The summed E-state index contributed by atoms with van der Waals surface area (Å²) in [5.41, 5.74) is 1.45. The molecule has 0 unspecified atom stereocenters. The zero-order chi connectivity index (χ0) is 11.1. The van der Waals surface area contributed by atoms with Gasteiger partial charge < -0.3 is 14.7 Å². The smallest absolute Gasteiger partial charge is 0.211 e. The van der Waals surface area contributed by atoms with E-state index in [0.717, 1.165) is 5.56 Å². The maximum Gasteiger partial charge on any atom is 0.211 e. The van der Waals surface area contributed by atoms with E-state index in [1.807, 2.05) is 0 Å². The summed E-state index contributed by atoms with van der Waals surface area (Å²) in [6.07, 6.45) is 0.303. The number of Topliss-reactive ketones (excluding diaryl/α,β-unsaturated/α-hetero) is 1. The Hall–Kier alpha value is -2.04. The summed E-state index contributed by atoms with van der Waals surface area (Å²) >= 11 is 0. The molecule has 82 valence electrons. The van der Waals surface area contributed by atoms with E-state index < -0.39 is 0 Å². The van der Waals surface area contributed by atoms with Crippen LogP contribution in [0.25, 0.3) is 0 Å². The van der Waals surface area contributed by atoms with Crippen LogP contribution in [0.5, 0.6) is 11.5 Å². The lowest BCUT2D eigenvalue weighted by atomic mass is 10.1. The largest absolute Gasteiger partial charge is 0.486 e. The Balaban J connectivity index is 2.18. The van der Waals surface area contributed by atoms with Crippen LogP contribution in [0.4, 0.5) is 0 Å². The highest BCUT2D eigenvalue weighted by molar-refractivity contribution is 6.49. The summed E-state index contributed by atoms with van der Waals surface area (Å²) in [6, 6.07) is 3.40. The minimum Gasteiger partial charge on any atom is -0.486 e. The topological polar surface area (TPSA) is 68.1 Å². The van der Waals surface area contributed by atoms with E-state index >= 15 is 0 Å². The van der Waals surface area contributed by atoms with Gasteiger partial charge in [0.25, 0.3) is 0 Å². The Morgan fingerprint density at radius 1 is 1.25 bits per heavy atom. The standard InChI is InChI=1S/C11H9NO4/c13-10-6-1-2-9-11(16-4-3-15-9)7(6)5-8(10)12-14/h1-2,14H,3-5H2/b12-8-. The SMILES string of the molecule is O=C1/C(=N\O)Cc2c1ccc1c2OCCO1. The van der Waals surface area contributed by atoms with Gasteiger partial charge >= 0.3 is 0 Å². The molecule has 0 saturated heterocycles. The lowest BCUT2D eigenvalue weighted by Gasteiger charge is -2.20. The minimum absolute atomic E-state index is 0.151. The van der Waals surface area contributed by atoms with Crippen LogP contribution >= 0.6 is 0 Å². The molecule has 1 heterocycles. The second-order valence-electron chi connectivity index (χ2n) is 3.67. The fourth-order valence-electron chi connectivity index (χ4n) is 2.05. The molecular weight excluding hydrogens is 210 g/mol. The fraction of sp³-hybridized carbons (Fsp3) is 0.273. The highest BCUT2D eigenvalue weighted by Gasteiger charge is 2.32. The van der Waals surface area contributed by atoms with Crippen molar-refractivity contribution in [2.75, 3.05) is 13.2 Å². The zero-order valence-corrected chi connectivity index (χ0v) is 8.40. The van der Waals surface area contributed by atoms with Gasteiger partial charge in [-0.25, -0.2) is 0 Å². The van der Waals surface area contributed by atoms with Crippen molar-refractivity contribution in [3.8, 4) is 11.5 Å². The highest BCUT2D eigenvalue weighted by Crippen LogP contribution is 2.39. The molecule has 0 fully saturated rings. The number of rotatable bonds is 0.